The third kappa shape index (κ3) is 5.29. The Morgan fingerprint density at radius 3 is 2.56 bits per heavy atom. The third-order valence-corrected chi connectivity index (χ3v) is 5.08. The zero-order valence-electron chi connectivity index (χ0n) is 18.5. The molecule has 1 aromatic heterocycles. The Morgan fingerprint density at radius 1 is 1.06 bits per heavy atom. The Kier molecular flexibility index (Phi) is 6.68. The van der Waals surface area contributed by atoms with Gasteiger partial charge in [0.25, 0.3) is 5.91 Å². The minimum atomic E-state index is -0.475. The topological polar surface area (TPSA) is 99.2 Å². The molecule has 0 aliphatic heterocycles. The molecule has 0 bridgehead atoms. The van der Waals surface area contributed by atoms with Gasteiger partial charge in [-0.2, -0.15) is 5.10 Å². The zero-order valence-corrected chi connectivity index (χ0v) is 18.5. The SMILES string of the molecule is Cc1cccc(-c2nn(-c3ccc(F)cc3)cc2C(=O)Nc2ccccc2OCCC(N)=O)c1. The Bertz CT molecular complexity index is 1330. The Labute approximate surface area is 196 Å². The number of para-hydroxylation sites is 2. The molecule has 0 fully saturated rings. The molecule has 4 rings (SSSR count). The van der Waals surface area contributed by atoms with Crippen molar-refractivity contribution in [2.75, 3.05) is 11.9 Å². The van der Waals surface area contributed by atoms with Crippen LogP contribution < -0.4 is 15.8 Å². The smallest absolute Gasteiger partial charge is 0.259 e. The summed E-state index contributed by atoms with van der Waals surface area (Å²) in [6.45, 7) is 2.05. The quantitative estimate of drug-likeness (QED) is 0.406. The molecule has 3 N–H and O–H groups in total. The van der Waals surface area contributed by atoms with Crippen molar-refractivity contribution in [1.82, 2.24) is 9.78 Å². The number of halogens is 1. The number of benzene rings is 3. The summed E-state index contributed by atoms with van der Waals surface area (Å²) in [6.07, 6.45) is 1.67. The third-order valence-electron chi connectivity index (χ3n) is 5.08. The highest BCUT2D eigenvalue weighted by Crippen LogP contribution is 2.28. The average Bonchev–Trinajstić information content (AvgIpc) is 3.26. The molecular formula is C26H23FN4O3. The summed E-state index contributed by atoms with van der Waals surface area (Å²) in [6, 6.07) is 20.4. The first kappa shape index (κ1) is 22.7. The number of anilines is 1. The standard InChI is InChI=1S/C26H23FN4O3/c1-17-5-4-6-18(15-17)25-21(16-31(30-25)20-11-9-19(27)10-12-20)26(33)29-22-7-2-3-8-23(22)34-14-13-24(28)32/h2-12,15-16H,13-14H2,1H3,(H2,28,32)(H,29,33). The minimum absolute atomic E-state index is 0.0597. The fraction of sp³-hybridized carbons (Fsp3) is 0.115. The van der Waals surface area contributed by atoms with E-state index in [-0.39, 0.29) is 18.8 Å². The van der Waals surface area contributed by atoms with Crippen LogP contribution >= 0.6 is 0 Å². The first-order chi connectivity index (χ1) is 16.4. The molecule has 1 heterocycles. The largest absolute Gasteiger partial charge is 0.491 e. The number of ether oxygens (including phenoxy) is 1. The summed E-state index contributed by atoms with van der Waals surface area (Å²) in [7, 11) is 0. The van der Waals surface area contributed by atoms with Gasteiger partial charge >= 0.3 is 0 Å². The van der Waals surface area contributed by atoms with Crippen molar-refractivity contribution >= 4 is 17.5 Å². The van der Waals surface area contributed by atoms with Gasteiger partial charge in [-0.3, -0.25) is 9.59 Å². The molecule has 172 valence electrons. The molecule has 7 nitrogen and oxygen atoms in total. The Morgan fingerprint density at radius 2 is 1.82 bits per heavy atom. The second-order valence-electron chi connectivity index (χ2n) is 7.70. The lowest BCUT2D eigenvalue weighted by atomic mass is 10.1. The van der Waals surface area contributed by atoms with Gasteiger partial charge in [0.1, 0.15) is 17.3 Å². The number of nitrogens with one attached hydrogen (secondary N) is 1. The Hall–Kier alpha value is -4.46. The number of aryl methyl sites for hydroxylation is 1. The average molecular weight is 458 g/mol. The van der Waals surface area contributed by atoms with Gasteiger partial charge in [0.15, 0.2) is 0 Å². The van der Waals surface area contributed by atoms with Crippen LogP contribution in [0, 0.1) is 12.7 Å². The predicted octanol–water partition coefficient (Wildman–Crippen LogP) is 4.49. The van der Waals surface area contributed by atoms with Crippen LogP contribution in [0.5, 0.6) is 5.75 Å². The molecule has 2 amide bonds. The first-order valence-corrected chi connectivity index (χ1v) is 10.6. The normalized spacial score (nSPS) is 10.6. The molecular weight excluding hydrogens is 435 g/mol. The van der Waals surface area contributed by atoms with Gasteiger partial charge in [-0.1, -0.05) is 35.9 Å². The number of nitrogens with zero attached hydrogens (tertiary/aromatic N) is 2. The van der Waals surface area contributed by atoms with E-state index in [4.69, 9.17) is 10.5 Å². The van der Waals surface area contributed by atoms with E-state index < -0.39 is 11.8 Å². The second-order valence-corrected chi connectivity index (χ2v) is 7.70. The van der Waals surface area contributed by atoms with Crippen molar-refractivity contribution < 1.29 is 18.7 Å². The highest BCUT2D eigenvalue weighted by molar-refractivity contribution is 6.08. The molecule has 0 spiro atoms. The second kappa shape index (κ2) is 9.99. The number of hydrogen-bond donors (Lipinski definition) is 2. The minimum Gasteiger partial charge on any atom is -0.491 e. The molecule has 0 aliphatic carbocycles. The summed E-state index contributed by atoms with van der Waals surface area (Å²) in [5, 5.41) is 7.50. The maximum absolute atomic E-state index is 13.4. The lowest BCUT2D eigenvalue weighted by Crippen LogP contribution is -2.16. The number of nitrogens with two attached hydrogens (primary N) is 1. The number of carbonyl (C=O) groups excluding carboxylic acids is 2. The zero-order chi connectivity index (χ0) is 24.1. The van der Waals surface area contributed by atoms with Crippen LogP contribution in [-0.2, 0) is 4.79 Å². The van der Waals surface area contributed by atoms with E-state index in [0.717, 1.165) is 11.1 Å². The van der Waals surface area contributed by atoms with E-state index in [1.165, 1.54) is 12.1 Å². The molecule has 0 radical (unpaired) electrons. The molecule has 4 aromatic rings. The molecule has 3 aromatic carbocycles. The maximum Gasteiger partial charge on any atom is 0.259 e. The summed E-state index contributed by atoms with van der Waals surface area (Å²) < 4.78 is 20.6. The first-order valence-electron chi connectivity index (χ1n) is 10.6. The molecule has 0 unspecified atom stereocenters. The Balaban J connectivity index is 1.68. The van der Waals surface area contributed by atoms with E-state index in [0.29, 0.717) is 28.4 Å². The fourth-order valence-corrected chi connectivity index (χ4v) is 3.42. The van der Waals surface area contributed by atoms with Crippen molar-refractivity contribution in [1.29, 1.82) is 0 Å². The lowest BCUT2D eigenvalue weighted by molar-refractivity contribution is -0.118. The van der Waals surface area contributed by atoms with Crippen LogP contribution in [0.4, 0.5) is 10.1 Å². The number of primary amides is 1. The fourth-order valence-electron chi connectivity index (χ4n) is 3.42. The number of amides is 2. The van der Waals surface area contributed by atoms with Gasteiger partial charge in [-0.15, -0.1) is 0 Å². The van der Waals surface area contributed by atoms with Crippen LogP contribution in [0.15, 0.2) is 79.0 Å². The van der Waals surface area contributed by atoms with E-state index in [1.54, 1.807) is 47.3 Å². The molecule has 0 saturated heterocycles. The van der Waals surface area contributed by atoms with E-state index in [1.807, 2.05) is 31.2 Å². The molecule has 34 heavy (non-hydrogen) atoms. The van der Waals surface area contributed by atoms with Gasteiger partial charge in [0, 0.05) is 11.8 Å². The van der Waals surface area contributed by atoms with E-state index >= 15 is 0 Å². The number of carbonyl (C=O) groups is 2. The van der Waals surface area contributed by atoms with Gasteiger partial charge in [0.05, 0.1) is 30.0 Å². The van der Waals surface area contributed by atoms with Crippen molar-refractivity contribution in [2.45, 2.75) is 13.3 Å². The van der Waals surface area contributed by atoms with E-state index in [9.17, 15) is 14.0 Å². The van der Waals surface area contributed by atoms with Gasteiger partial charge < -0.3 is 15.8 Å². The lowest BCUT2D eigenvalue weighted by Gasteiger charge is -2.12. The van der Waals surface area contributed by atoms with Crippen LogP contribution in [0.1, 0.15) is 22.3 Å². The van der Waals surface area contributed by atoms with Crippen molar-refractivity contribution in [3.8, 4) is 22.7 Å². The van der Waals surface area contributed by atoms with E-state index in [2.05, 4.69) is 10.4 Å². The van der Waals surface area contributed by atoms with Crippen LogP contribution in [0.25, 0.3) is 16.9 Å². The van der Waals surface area contributed by atoms with Crippen molar-refractivity contribution in [2.24, 2.45) is 5.73 Å². The monoisotopic (exact) mass is 458 g/mol. The maximum atomic E-state index is 13.4. The van der Waals surface area contributed by atoms with Gasteiger partial charge in [-0.05, 0) is 49.4 Å². The van der Waals surface area contributed by atoms with Gasteiger partial charge in [-0.25, -0.2) is 9.07 Å². The summed E-state index contributed by atoms with van der Waals surface area (Å²) in [5.74, 6) is -0.811. The van der Waals surface area contributed by atoms with Crippen LogP contribution in [-0.4, -0.2) is 28.2 Å². The summed E-state index contributed by atoms with van der Waals surface area (Å²) in [4.78, 5) is 24.4. The van der Waals surface area contributed by atoms with Crippen molar-refractivity contribution in [3.63, 3.8) is 0 Å². The predicted molar refractivity (Wildman–Crippen MR) is 127 cm³/mol. The highest BCUT2D eigenvalue weighted by atomic mass is 19.1. The summed E-state index contributed by atoms with van der Waals surface area (Å²) >= 11 is 0. The molecule has 0 aliphatic rings. The van der Waals surface area contributed by atoms with Crippen molar-refractivity contribution in [3.05, 3.63) is 95.9 Å². The molecule has 0 atom stereocenters. The highest BCUT2D eigenvalue weighted by Gasteiger charge is 2.20. The molecule has 8 heteroatoms. The molecule has 0 saturated carbocycles. The van der Waals surface area contributed by atoms with Gasteiger partial charge in [0.2, 0.25) is 5.91 Å². The number of hydrogen-bond acceptors (Lipinski definition) is 4. The summed E-state index contributed by atoms with van der Waals surface area (Å²) in [5.41, 5.74) is 8.85. The van der Waals surface area contributed by atoms with Crippen LogP contribution in [0.2, 0.25) is 0 Å². The van der Waals surface area contributed by atoms with Crippen LogP contribution in [0.3, 0.4) is 0 Å². The number of rotatable bonds is 8. The number of aromatic nitrogens is 2.